The van der Waals surface area contributed by atoms with Gasteiger partial charge >= 0.3 is 6.18 Å². The topological polar surface area (TPSA) is 87.6 Å². The van der Waals surface area contributed by atoms with Crippen LogP contribution >= 0.6 is 11.6 Å². The number of carbonyl (C=O) groups is 1. The molecule has 0 spiro atoms. The average molecular weight is 420 g/mol. The summed E-state index contributed by atoms with van der Waals surface area (Å²) in [5, 5.41) is 3.77. The summed E-state index contributed by atoms with van der Waals surface area (Å²) in [5.74, 6) is -0.853. The maximum atomic E-state index is 12.8. The highest BCUT2D eigenvalue weighted by atomic mass is 35.5. The lowest BCUT2D eigenvalue weighted by atomic mass is 10.1. The Morgan fingerprint density at radius 2 is 1.74 bits per heavy atom. The van der Waals surface area contributed by atoms with Crippen LogP contribution in [0.15, 0.2) is 58.5 Å². The third-order valence-electron chi connectivity index (χ3n) is 3.21. The van der Waals surface area contributed by atoms with Gasteiger partial charge in [-0.1, -0.05) is 29.8 Å². The number of nitrogens with zero attached hydrogens (tertiary/aromatic N) is 1. The molecule has 0 fully saturated rings. The largest absolute Gasteiger partial charge is 0.417 e. The van der Waals surface area contributed by atoms with Gasteiger partial charge in [-0.3, -0.25) is 4.79 Å². The number of halogens is 4. The van der Waals surface area contributed by atoms with Crippen LogP contribution in [0.1, 0.15) is 11.1 Å². The molecule has 6 nitrogen and oxygen atoms in total. The molecular weight excluding hydrogens is 407 g/mol. The first-order chi connectivity index (χ1) is 12.6. The molecule has 0 aliphatic rings. The number of nitrogens with one attached hydrogen (secondary N) is 2. The van der Waals surface area contributed by atoms with Gasteiger partial charge in [0.15, 0.2) is 0 Å². The van der Waals surface area contributed by atoms with Gasteiger partial charge in [-0.25, -0.2) is 18.6 Å². The fourth-order valence-electron chi connectivity index (χ4n) is 1.94. The Balaban J connectivity index is 1.95. The SMILES string of the molecule is O=C(CNS(=O)(=O)c1ccc(Cl)cc1)NN=Cc1ccccc1C(F)(F)F. The van der Waals surface area contributed by atoms with Crippen LogP contribution in [0.5, 0.6) is 0 Å². The van der Waals surface area contributed by atoms with Crippen LogP contribution in [0.3, 0.4) is 0 Å². The minimum absolute atomic E-state index is 0.0951. The number of carbonyl (C=O) groups excluding carboxylic acids is 1. The third-order valence-corrected chi connectivity index (χ3v) is 4.87. The first kappa shape index (κ1) is 20.9. The van der Waals surface area contributed by atoms with Crippen LogP contribution < -0.4 is 10.1 Å². The van der Waals surface area contributed by atoms with Crippen molar-refractivity contribution in [2.24, 2.45) is 5.10 Å². The Morgan fingerprint density at radius 1 is 1.11 bits per heavy atom. The van der Waals surface area contributed by atoms with E-state index >= 15 is 0 Å². The first-order valence-electron chi connectivity index (χ1n) is 7.33. The highest BCUT2D eigenvalue weighted by Crippen LogP contribution is 2.31. The lowest BCUT2D eigenvalue weighted by Crippen LogP contribution is -2.34. The highest BCUT2D eigenvalue weighted by molar-refractivity contribution is 7.89. The summed E-state index contributed by atoms with van der Waals surface area (Å²) >= 11 is 5.67. The number of benzene rings is 2. The number of alkyl halides is 3. The van der Waals surface area contributed by atoms with E-state index < -0.39 is 34.2 Å². The molecule has 27 heavy (non-hydrogen) atoms. The van der Waals surface area contributed by atoms with Crippen molar-refractivity contribution in [3.63, 3.8) is 0 Å². The summed E-state index contributed by atoms with van der Waals surface area (Å²) in [6, 6.07) is 9.94. The Morgan fingerprint density at radius 3 is 2.37 bits per heavy atom. The minimum Gasteiger partial charge on any atom is -0.272 e. The lowest BCUT2D eigenvalue weighted by molar-refractivity contribution is -0.137. The van der Waals surface area contributed by atoms with Crippen LogP contribution in [0, 0.1) is 0 Å². The van der Waals surface area contributed by atoms with E-state index in [0.717, 1.165) is 12.3 Å². The van der Waals surface area contributed by atoms with Crippen molar-refractivity contribution in [3.8, 4) is 0 Å². The highest BCUT2D eigenvalue weighted by Gasteiger charge is 2.32. The second kappa shape index (κ2) is 8.51. The molecule has 0 bridgehead atoms. The quantitative estimate of drug-likeness (QED) is 0.557. The maximum absolute atomic E-state index is 12.8. The molecule has 2 aromatic carbocycles. The summed E-state index contributed by atoms with van der Waals surface area (Å²) in [6.07, 6.45) is -3.74. The van der Waals surface area contributed by atoms with Crippen LogP contribution in [0.2, 0.25) is 5.02 Å². The van der Waals surface area contributed by atoms with E-state index in [-0.39, 0.29) is 10.5 Å². The second-order valence-corrected chi connectivity index (χ2v) is 7.36. The summed E-state index contributed by atoms with van der Waals surface area (Å²) in [6.45, 7) is -0.650. The normalized spacial score (nSPS) is 12.3. The summed E-state index contributed by atoms with van der Waals surface area (Å²) in [5.41, 5.74) is 0.804. The maximum Gasteiger partial charge on any atom is 0.417 e. The molecule has 0 atom stereocenters. The lowest BCUT2D eigenvalue weighted by Gasteiger charge is -2.09. The monoisotopic (exact) mass is 419 g/mol. The predicted molar refractivity (Wildman–Crippen MR) is 93.8 cm³/mol. The molecule has 2 N–H and O–H groups in total. The van der Waals surface area contributed by atoms with E-state index in [1.54, 1.807) is 0 Å². The van der Waals surface area contributed by atoms with Crippen LogP contribution in [-0.4, -0.2) is 27.1 Å². The number of rotatable bonds is 6. The number of hydrogen-bond donors (Lipinski definition) is 2. The molecule has 2 aromatic rings. The van der Waals surface area contributed by atoms with Gasteiger partial charge in [-0.15, -0.1) is 0 Å². The summed E-state index contributed by atoms with van der Waals surface area (Å²) in [4.78, 5) is 11.6. The van der Waals surface area contributed by atoms with Crippen molar-refractivity contribution in [1.82, 2.24) is 10.1 Å². The molecule has 0 saturated heterocycles. The Labute approximate surface area is 158 Å². The number of hydrogen-bond acceptors (Lipinski definition) is 4. The van der Waals surface area contributed by atoms with Crippen molar-refractivity contribution in [2.45, 2.75) is 11.1 Å². The summed E-state index contributed by atoms with van der Waals surface area (Å²) in [7, 11) is -3.95. The smallest absolute Gasteiger partial charge is 0.272 e. The van der Waals surface area contributed by atoms with E-state index in [0.29, 0.717) is 5.02 Å². The molecule has 0 saturated carbocycles. The molecule has 2 rings (SSSR count). The van der Waals surface area contributed by atoms with Crippen LogP contribution in [0.4, 0.5) is 13.2 Å². The number of sulfonamides is 1. The number of amides is 1. The number of hydrazone groups is 1. The average Bonchev–Trinajstić information content (AvgIpc) is 2.60. The second-order valence-electron chi connectivity index (χ2n) is 5.16. The van der Waals surface area contributed by atoms with Crippen molar-refractivity contribution >= 4 is 33.7 Å². The first-order valence-corrected chi connectivity index (χ1v) is 9.19. The molecular formula is C16H13ClF3N3O3S. The van der Waals surface area contributed by atoms with E-state index in [9.17, 15) is 26.4 Å². The molecule has 144 valence electrons. The Bertz CT molecular complexity index is 945. The van der Waals surface area contributed by atoms with Gasteiger partial charge in [-0.2, -0.15) is 18.3 Å². The zero-order chi connectivity index (χ0) is 20.1. The van der Waals surface area contributed by atoms with Gasteiger partial charge < -0.3 is 0 Å². The molecule has 0 heterocycles. The molecule has 0 unspecified atom stereocenters. The minimum atomic E-state index is -4.57. The van der Waals surface area contributed by atoms with Crippen LogP contribution in [0.25, 0.3) is 0 Å². The molecule has 1 amide bonds. The van der Waals surface area contributed by atoms with Gasteiger partial charge in [0.25, 0.3) is 5.91 Å². The molecule has 0 aliphatic carbocycles. The van der Waals surface area contributed by atoms with Gasteiger partial charge in [0.1, 0.15) is 0 Å². The van der Waals surface area contributed by atoms with E-state index in [4.69, 9.17) is 11.6 Å². The predicted octanol–water partition coefficient (Wildman–Crippen LogP) is 2.79. The third kappa shape index (κ3) is 6.05. The Kier molecular flexibility index (Phi) is 6.58. The van der Waals surface area contributed by atoms with E-state index in [1.807, 2.05) is 10.1 Å². The van der Waals surface area contributed by atoms with Gasteiger partial charge in [0, 0.05) is 10.6 Å². The van der Waals surface area contributed by atoms with Crippen molar-refractivity contribution in [3.05, 3.63) is 64.7 Å². The van der Waals surface area contributed by atoms with Crippen molar-refractivity contribution in [1.29, 1.82) is 0 Å². The molecule has 0 aromatic heterocycles. The van der Waals surface area contributed by atoms with Gasteiger partial charge in [0.05, 0.1) is 23.2 Å². The zero-order valence-corrected chi connectivity index (χ0v) is 15.1. The van der Waals surface area contributed by atoms with Crippen molar-refractivity contribution < 1.29 is 26.4 Å². The zero-order valence-electron chi connectivity index (χ0n) is 13.5. The molecule has 0 aliphatic heterocycles. The molecule has 11 heteroatoms. The summed E-state index contributed by atoms with van der Waals surface area (Å²) < 4.78 is 64.6. The molecule has 0 radical (unpaired) electrons. The van der Waals surface area contributed by atoms with E-state index in [1.165, 1.54) is 42.5 Å². The van der Waals surface area contributed by atoms with Crippen molar-refractivity contribution in [2.75, 3.05) is 6.54 Å². The fraction of sp³-hybridized carbons (Fsp3) is 0.125. The van der Waals surface area contributed by atoms with Gasteiger partial charge in [0.2, 0.25) is 10.0 Å². The Hall–Kier alpha value is -2.43. The van der Waals surface area contributed by atoms with Gasteiger partial charge in [-0.05, 0) is 30.3 Å². The fourth-order valence-corrected chi connectivity index (χ4v) is 3.05. The standard InChI is InChI=1S/C16H13ClF3N3O3S/c17-12-5-7-13(8-6-12)27(25,26)22-10-15(24)23-21-9-11-3-1-2-4-14(11)16(18,19)20/h1-9,22H,10H2,(H,23,24). The van der Waals surface area contributed by atoms with Crippen LogP contribution in [-0.2, 0) is 21.0 Å². The van der Waals surface area contributed by atoms with E-state index in [2.05, 4.69) is 5.10 Å².